The Morgan fingerprint density at radius 2 is 1.84 bits per heavy atom. The number of aliphatic hydroxyl groups excluding tert-OH is 1. The summed E-state index contributed by atoms with van der Waals surface area (Å²) >= 11 is 0. The maximum absolute atomic E-state index is 12.4. The fourth-order valence-electron chi connectivity index (χ4n) is 2.27. The molecule has 0 spiro atoms. The summed E-state index contributed by atoms with van der Waals surface area (Å²) in [6.45, 7) is 1.12. The molecular formula is C13H20N2O3S. The highest BCUT2D eigenvalue weighted by molar-refractivity contribution is 7.89. The summed E-state index contributed by atoms with van der Waals surface area (Å²) in [6.07, 6.45) is 1.45. The first kappa shape index (κ1) is 14.3. The topological polar surface area (TPSA) is 69.6 Å². The van der Waals surface area contributed by atoms with Gasteiger partial charge in [0.2, 0.25) is 10.0 Å². The number of anilines is 1. The molecule has 2 N–H and O–H groups in total. The van der Waals surface area contributed by atoms with Crippen LogP contribution in [0.5, 0.6) is 0 Å². The summed E-state index contributed by atoms with van der Waals surface area (Å²) in [4.78, 5) is 0.328. The van der Waals surface area contributed by atoms with Gasteiger partial charge in [0.05, 0.1) is 4.90 Å². The van der Waals surface area contributed by atoms with Crippen LogP contribution < -0.4 is 5.32 Å². The number of sulfonamides is 1. The van der Waals surface area contributed by atoms with Crippen molar-refractivity contribution < 1.29 is 13.5 Å². The number of aliphatic hydroxyl groups is 1. The van der Waals surface area contributed by atoms with Crippen molar-refractivity contribution in [2.24, 2.45) is 5.92 Å². The monoisotopic (exact) mass is 284 g/mol. The Morgan fingerprint density at radius 3 is 2.32 bits per heavy atom. The lowest BCUT2D eigenvalue weighted by atomic mass is 10.00. The lowest BCUT2D eigenvalue weighted by Crippen LogP contribution is -2.39. The number of benzene rings is 1. The molecule has 1 aromatic rings. The number of hydrogen-bond donors (Lipinski definition) is 2. The van der Waals surface area contributed by atoms with Crippen molar-refractivity contribution in [3.8, 4) is 0 Å². The minimum atomic E-state index is -3.39. The molecule has 106 valence electrons. The van der Waals surface area contributed by atoms with Gasteiger partial charge in [-0.15, -0.1) is 0 Å². The van der Waals surface area contributed by atoms with Gasteiger partial charge in [0.15, 0.2) is 0 Å². The Morgan fingerprint density at radius 1 is 1.26 bits per heavy atom. The molecule has 0 aromatic heterocycles. The van der Waals surface area contributed by atoms with Gasteiger partial charge in [-0.2, -0.15) is 4.31 Å². The molecule has 5 nitrogen and oxygen atoms in total. The smallest absolute Gasteiger partial charge is 0.243 e. The van der Waals surface area contributed by atoms with Gasteiger partial charge in [0.1, 0.15) is 0 Å². The predicted octanol–water partition coefficient (Wildman–Crippen LogP) is 1.12. The van der Waals surface area contributed by atoms with Gasteiger partial charge in [-0.3, -0.25) is 0 Å². The first-order valence-electron chi connectivity index (χ1n) is 6.46. The van der Waals surface area contributed by atoms with Crippen molar-refractivity contribution >= 4 is 15.7 Å². The fraction of sp³-hybridized carbons (Fsp3) is 0.538. The van der Waals surface area contributed by atoms with E-state index in [-0.39, 0.29) is 12.5 Å². The van der Waals surface area contributed by atoms with E-state index in [1.165, 1.54) is 4.31 Å². The molecule has 19 heavy (non-hydrogen) atoms. The highest BCUT2D eigenvalue weighted by Crippen LogP contribution is 2.24. The van der Waals surface area contributed by atoms with Gasteiger partial charge in [-0.25, -0.2) is 8.42 Å². The Hall–Kier alpha value is -1.11. The lowest BCUT2D eigenvalue weighted by molar-refractivity contribution is 0.170. The van der Waals surface area contributed by atoms with Gasteiger partial charge >= 0.3 is 0 Å². The molecule has 1 saturated heterocycles. The quantitative estimate of drug-likeness (QED) is 0.869. The molecule has 0 aliphatic carbocycles. The lowest BCUT2D eigenvalue weighted by Gasteiger charge is -2.30. The molecule has 0 radical (unpaired) electrons. The Bertz CT molecular complexity index is 505. The average molecular weight is 284 g/mol. The third kappa shape index (κ3) is 3.08. The van der Waals surface area contributed by atoms with Crippen molar-refractivity contribution in [1.82, 2.24) is 4.31 Å². The predicted molar refractivity (Wildman–Crippen MR) is 74.6 cm³/mol. The van der Waals surface area contributed by atoms with Crippen LogP contribution in [0.25, 0.3) is 0 Å². The van der Waals surface area contributed by atoms with Gasteiger partial charge < -0.3 is 10.4 Å². The van der Waals surface area contributed by atoms with Gasteiger partial charge in [-0.05, 0) is 43.0 Å². The van der Waals surface area contributed by atoms with Crippen LogP contribution in [0.1, 0.15) is 12.8 Å². The number of hydrogen-bond acceptors (Lipinski definition) is 4. The molecule has 1 aliphatic heterocycles. The molecule has 0 atom stereocenters. The van der Waals surface area contributed by atoms with Crippen LogP contribution >= 0.6 is 0 Å². The van der Waals surface area contributed by atoms with E-state index in [4.69, 9.17) is 5.11 Å². The summed E-state index contributed by atoms with van der Waals surface area (Å²) in [7, 11) is -1.60. The number of nitrogens with one attached hydrogen (secondary N) is 1. The second-order valence-corrected chi connectivity index (χ2v) is 6.74. The van der Waals surface area contributed by atoms with E-state index >= 15 is 0 Å². The van der Waals surface area contributed by atoms with Crippen LogP contribution in [0.2, 0.25) is 0 Å². The van der Waals surface area contributed by atoms with Crippen LogP contribution in [0.15, 0.2) is 29.2 Å². The first-order valence-corrected chi connectivity index (χ1v) is 7.90. The SMILES string of the molecule is CNc1ccc(S(=O)(=O)N2CCC(CO)CC2)cc1. The molecular weight excluding hydrogens is 264 g/mol. The third-order valence-electron chi connectivity index (χ3n) is 3.61. The van der Waals surface area contributed by atoms with E-state index in [0.717, 1.165) is 18.5 Å². The van der Waals surface area contributed by atoms with E-state index in [1.807, 2.05) is 0 Å². The molecule has 2 rings (SSSR count). The minimum Gasteiger partial charge on any atom is -0.396 e. The summed E-state index contributed by atoms with van der Waals surface area (Å²) < 4.78 is 26.4. The molecule has 0 unspecified atom stereocenters. The fourth-order valence-corrected chi connectivity index (χ4v) is 3.74. The van der Waals surface area contributed by atoms with E-state index in [2.05, 4.69) is 5.32 Å². The normalized spacial score (nSPS) is 18.4. The maximum atomic E-state index is 12.4. The summed E-state index contributed by atoms with van der Waals surface area (Å²) in [5, 5.41) is 12.0. The molecule has 1 aliphatic rings. The minimum absolute atomic E-state index is 0.144. The summed E-state index contributed by atoms with van der Waals surface area (Å²) in [5.74, 6) is 0.234. The zero-order chi connectivity index (χ0) is 13.9. The second-order valence-electron chi connectivity index (χ2n) is 4.80. The number of rotatable bonds is 4. The molecule has 0 saturated carbocycles. The van der Waals surface area contributed by atoms with E-state index in [1.54, 1.807) is 31.3 Å². The van der Waals surface area contributed by atoms with E-state index < -0.39 is 10.0 Å². The molecule has 1 fully saturated rings. The van der Waals surface area contributed by atoms with Crippen molar-refractivity contribution in [3.05, 3.63) is 24.3 Å². The highest BCUT2D eigenvalue weighted by atomic mass is 32.2. The molecule has 0 amide bonds. The third-order valence-corrected chi connectivity index (χ3v) is 5.53. The Labute approximate surface area is 114 Å². The first-order chi connectivity index (χ1) is 9.07. The van der Waals surface area contributed by atoms with Gasteiger partial charge in [-0.1, -0.05) is 0 Å². The average Bonchev–Trinajstić information content (AvgIpc) is 2.47. The number of piperidine rings is 1. The largest absolute Gasteiger partial charge is 0.396 e. The highest BCUT2D eigenvalue weighted by Gasteiger charge is 2.28. The molecule has 0 bridgehead atoms. The molecule has 1 aromatic carbocycles. The van der Waals surface area contributed by atoms with E-state index in [0.29, 0.717) is 18.0 Å². The number of nitrogens with zero attached hydrogens (tertiary/aromatic N) is 1. The van der Waals surface area contributed by atoms with Crippen molar-refractivity contribution in [1.29, 1.82) is 0 Å². The molecule has 6 heteroatoms. The van der Waals surface area contributed by atoms with Crippen LogP contribution in [0.4, 0.5) is 5.69 Å². The summed E-state index contributed by atoms with van der Waals surface area (Å²) in [5.41, 5.74) is 0.887. The van der Waals surface area contributed by atoms with E-state index in [9.17, 15) is 8.42 Å². The van der Waals surface area contributed by atoms with Crippen LogP contribution in [0.3, 0.4) is 0 Å². The Balaban J connectivity index is 2.13. The molecule has 1 heterocycles. The second kappa shape index (κ2) is 5.90. The Kier molecular flexibility index (Phi) is 4.44. The zero-order valence-electron chi connectivity index (χ0n) is 11.0. The van der Waals surface area contributed by atoms with Crippen molar-refractivity contribution in [3.63, 3.8) is 0 Å². The van der Waals surface area contributed by atoms with Crippen molar-refractivity contribution in [2.45, 2.75) is 17.7 Å². The zero-order valence-corrected chi connectivity index (χ0v) is 11.9. The van der Waals surface area contributed by atoms with Crippen LogP contribution in [-0.4, -0.2) is 44.6 Å². The van der Waals surface area contributed by atoms with Crippen molar-refractivity contribution in [2.75, 3.05) is 32.1 Å². The standard InChI is InChI=1S/C13H20N2O3S/c1-14-12-2-4-13(5-3-12)19(17,18)15-8-6-11(10-16)7-9-15/h2-5,11,14,16H,6-10H2,1H3. The van der Waals surface area contributed by atoms with Crippen LogP contribution in [0, 0.1) is 5.92 Å². The maximum Gasteiger partial charge on any atom is 0.243 e. The summed E-state index contributed by atoms with van der Waals surface area (Å²) in [6, 6.07) is 6.76. The van der Waals surface area contributed by atoms with Gasteiger partial charge in [0, 0.05) is 32.4 Å². The van der Waals surface area contributed by atoms with Crippen LogP contribution in [-0.2, 0) is 10.0 Å². The van der Waals surface area contributed by atoms with Gasteiger partial charge in [0.25, 0.3) is 0 Å².